The lowest BCUT2D eigenvalue weighted by atomic mass is 10.1. The number of amides is 1. The minimum Gasteiger partial charge on any atom is -0.311 e. The summed E-state index contributed by atoms with van der Waals surface area (Å²) in [6, 6.07) is 6.46. The SMILES string of the molecule is CCS(=O)(=O)c1ccc(CC(=O)Nc2nc3c(s2)CNCC3)cc1. The zero-order valence-corrected chi connectivity index (χ0v) is 15.0. The van der Waals surface area contributed by atoms with E-state index >= 15 is 0 Å². The second-order valence-corrected chi connectivity index (χ2v) is 8.95. The number of nitrogens with one attached hydrogen (secondary N) is 2. The van der Waals surface area contributed by atoms with Crippen molar-refractivity contribution in [2.45, 2.75) is 31.2 Å². The predicted octanol–water partition coefficient (Wildman–Crippen LogP) is 1.76. The molecule has 0 fully saturated rings. The average Bonchev–Trinajstić information content (AvgIpc) is 2.97. The summed E-state index contributed by atoms with van der Waals surface area (Å²) in [5.74, 6) is -0.0868. The molecule has 0 radical (unpaired) electrons. The van der Waals surface area contributed by atoms with Crippen molar-refractivity contribution in [3.8, 4) is 0 Å². The Kier molecular flexibility index (Phi) is 4.98. The van der Waals surface area contributed by atoms with Gasteiger partial charge >= 0.3 is 0 Å². The van der Waals surface area contributed by atoms with Crippen LogP contribution in [0.25, 0.3) is 0 Å². The lowest BCUT2D eigenvalue weighted by Gasteiger charge is -2.09. The third-order valence-corrected chi connectivity index (χ3v) is 6.64. The zero-order chi connectivity index (χ0) is 17.2. The van der Waals surface area contributed by atoms with E-state index in [1.807, 2.05) is 0 Å². The van der Waals surface area contributed by atoms with Gasteiger partial charge in [-0.1, -0.05) is 19.1 Å². The van der Waals surface area contributed by atoms with Crippen molar-refractivity contribution in [2.24, 2.45) is 0 Å². The molecule has 6 nitrogen and oxygen atoms in total. The van der Waals surface area contributed by atoms with E-state index in [0.717, 1.165) is 30.8 Å². The largest absolute Gasteiger partial charge is 0.311 e. The molecule has 1 amide bonds. The van der Waals surface area contributed by atoms with Gasteiger partial charge in [-0.15, -0.1) is 11.3 Å². The number of hydrogen-bond acceptors (Lipinski definition) is 6. The first kappa shape index (κ1) is 17.1. The molecule has 2 heterocycles. The summed E-state index contributed by atoms with van der Waals surface area (Å²) < 4.78 is 23.6. The van der Waals surface area contributed by atoms with Gasteiger partial charge in [0.15, 0.2) is 15.0 Å². The van der Waals surface area contributed by atoms with E-state index in [0.29, 0.717) is 5.13 Å². The standard InChI is InChI=1S/C16H19N3O3S2/c1-2-24(21,22)12-5-3-11(4-6-12)9-15(20)19-16-18-13-7-8-17-10-14(13)23-16/h3-6,17H,2,7-10H2,1H3,(H,18,19,20). The first-order chi connectivity index (χ1) is 11.5. The molecule has 0 bridgehead atoms. The molecule has 1 aliphatic rings. The molecule has 0 unspecified atom stereocenters. The third kappa shape index (κ3) is 3.82. The molecule has 2 N–H and O–H groups in total. The van der Waals surface area contributed by atoms with Crippen LogP contribution in [0.4, 0.5) is 5.13 Å². The number of nitrogens with zero attached hydrogens (tertiary/aromatic N) is 1. The first-order valence-corrected chi connectivity index (χ1v) is 10.3. The van der Waals surface area contributed by atoms with Crippen molar-refractivity contribution in [3.05, 3.63) is 40.4 Å². The Bertz CT molecular complexity index is 818. The van der Waals surface area contributed by atoms with E-state index in [-0.39, 0.29) is 23.0 Å². The molecule has 2 aromatic rings. The molecule has 8 heteroatoms. The number of thiazole rings is 1. The van der Waals surface area contributed by atoms with Crippen LogP contribution >= 0.6 is 11.3 Å². The Hall–Kier alpha value is -1.77. The van der Waals surface area contributed by atoms with Crippen LogP contribution in [-0.4, -0.2) is 31.6 Å². The minimum absolute atomic E-state index is 0.0659. The van der Waals surface area contributed by atoms with Gasteiger partial charge in [0, 0.05) is 24.4 Å². The molecule has 0 saturated carbocycles. The Morgan fingerprint density at radius 3 is 2.75 bits per heavy atom. The lowest BCUT2D eigenvalue weighted by Crippen LogP contribution is -2.22. The van der Waals surface area contributed by atoms with Crippen LogP contribution in [0, 0.1) is 0 Å². The fraction of sp³-hybridized carbons (Fsp3) is 0.375. The molecule has 0 spiro atoms. The van der Waals surface area contributed by atoms with Crippen molar-refractivity contribution in [2.75, 3.05) is 17.6 Å². The number of rotatable bonds is 5. The van der Waals surface area contributed by atoms with E-state index in [1.54, 1.807) is 31.2 Å². The molecular weight excluding hydrogens is 346 g/mol. The molecule has 24 heavy (non-hydrogen) atoms. The highest BCUT2D eigenvalue weighted by atomic mass is 32.2. The summed E-state index contributed by atoms with van der Waals surface area (Å²) in [6.07, 6.45) is 1.07. The van der Waals surface area contributed by atoms with Gasteiger partial charge in [0.2, 0.25) is 5.91 Å². The molecule has 0 atom stereocenters. The quantitative estimate of drug-likeness (QED) is 0.843. The normalized spacial score (nSPS) is 14.2. The molecule has 3 rings (SSSR count). The zero-order valence-electron chi connectivity index (χ0n) is 13.3. The number of aromatic nitrogens is 1. The van der Waals surface area contributed by atoms with Crippen molar-refractivity contribution >= 4 is 32.2 Å². The number of anilines is 1. The highest BCUT2D eigenvalue weighted by Crippen LogP contribution is 2.25. The predicted molar refractivity (Wildman–Crippen MR) is 94.0 cm³/mol. The summed E-state index contributed by atoms with van der Waals surface area (Å²) in [5, 5.41) is 6.73. The lowest BCUT2D eigenvalue weighted by molar-refractivity contribution is -0.115. The number of benzene rings is 1. The molecule has 128 valence electrons. The number of hydrogen-bond donors (Lipinski definition) is 2. The van der Waals surface area contributed by atoms with E-state index in [1.165, 1.54) is 16.2 Å². The minimum atomic E-state index is -3.21. The topological polar surface area (TPSA) is 88.2 Å². The monoisotopic (exact) mass is 365 g/mol. The van der Waals surface area contributed by atoms with E-state index in [9.17, 15) is 13.2 Å². The highest BCUT2D eigenvalue weighted by Gasteiger charge is 2.16. The van der Waals surface area contributed by atoms with Crippen LogP contribution in [-0.2, 0) is 34.0 Å². The smallest absolute Gasteiger partial charge is 0.230 e. The molecule has 1 aliphatic heterocycles. The number of carbonyl (C=O) groups excluding carboxylic acids is 1. The van der Waals surface area contributed by atoms with Crippen LogP contribution in [0.3, 0.4) is 0 Å². The molecule has 1 aromatic carbocycles. The van der Waals surface area contributed by atoms with Crippen molar-refractivity contribution in [3.63, 3.8) is 0 Å². The molecule has 1 aromatic heterocycles. The molecular formula is C16H19N3O3S2. The van der Waals surface area contributed by atoms with Crippen LogP contribution in [0.15, 0.2) is 29.2 Å². The Balaban J connectivity index is 1.63. The Labute approximate surface area is 145 Å². The number of sulfone groups is 1. The summed E-state index contributed by atoms with van der Waals surface area (Å²) >= 11 is 1.50. The fourth-order valence-corrected chi connectivity index (χ4v) is 4.39. The van der Waals surface area contributed by atoms with E-state index < -0.39 is 9.84 Å². The second-order valence-electron chi connectivity index (χ2n) is 5.59. The van der Waals surface area contributed by atoms with Crippen molar-refractivity contribution < 1.29 is 13.2 Å². The van der Waals surface area contributed by atoms with Gasteiger partial charge in [0.1, 0.15) is 0 Å². The summed E-state index contributed by atoms with van der Waals surface area (Å²) in [4.78, 5) is 18.1. The van der Waals surface area contributed by atoms with E-state index in [4.69, 9.17) is 0 Å². The second kappa shape index (κ2) is 7.00. The van der Waals surface area contributed by atoms with Crippen molar-refractivity contribution in [1.29, 1.82) is 0 Å². The maximum atomic E-state index is 12.2. The Morgan fingerprint density at radius 1 is 1.33 bits per heavy atom. The summed E-state index contributed by atoms with van der Waals surface area (Å²) in [7, 11) is -3.21. The van der Waals surface area contributed by atoms with Crippen LogP contribution in [0.1, 0.15) is 23.1 Å². The number of carbonyl (C=O) groups is 1. The highest BCUT2D eigenvalue weighted by molar-refractivity contribution is 7.91. The summed E-state index contributed by atoms with van der Waals surface area (Å²) in [5.41, 5.74) is 1.83. The summed E-state index contributed by atoms with van der Waals surface area (Å²) in [6.45, 7) is 3.33. The van der Waals surface area contributed by atoms with Gasteiger partial charge < -0.3 is 10.6 Å². The van der Waals surface area contributed by atoms with Gasteiger partial charge in [-0.05, 0) is 17.7 Å². The maximum absolute atomic E-state index is 12.2. The average molecular weight is 365 g/mol. The van der Waals surface area contributed by atoms with Gasteiger partial charge in [-0.3, -0.25) is 4.79 Å². The van der Waals surface area contributed by atoms with Gasteiger partial charge in [-0.25, -0.2) is 13.4 Å². The van der Waals surface area contributed by atoms with Crippen LogP contribution in [0.2, 0.25) is 0 Å². The molecule has 0 aliphatic carbocycles. The third-order valence-electron chi connectivity index (χ3n) is 3.88. The Morgan fingerprint density at radius 2 is 2.08 bits per heavy atom. The maximum Gasteiger partial charge on any atom is 0.230 e. The van der Waals surface area contributed by atoms with Gasteiger partial charge in [-0.2, -0.15) is 0 Å². The van der Waals surface area contributed by atoms with Crippen LogP contribution in [0.5, 0.6) is 0 Å². The van der Waals surface area contributed by atoms with E-state index in [2.05, 4.69) is 15.6 Å². The van der Waals surface area contributed by atoms with Gasteiger partial charge in [0.05, 0.1) is 22.8 Å². The fourth-order valence-electron chi connectivity index (χ4n) is 2.51. The number of fused-ring (bicyclic) bond motifs is 1. The van der Waals surface area contributed by atoms with Crippen LogP contribution < -0.4 is 10.6 Å². The van der Waals surface area contributed by atoms with Gasteiger partial charge in [0.25, 0.3) is 0 Å². The van der Waals surface area contributed by atoms with Crippen molar-refractivity contribution in [1.82, 2.24) is 10.3 Å². The molecule has 0 saturated heterocycles. The first-order valence-electron chi connectivity index (χ1n) is 7.79.